The van der Waals surface area contributed by atoms with Crippen LogP contribution in [0.15, 0.2) is 10.6 Å². The Hall–Kier alpha value is -1.12. The topological polar surface area (TPSA) is 38.9 Å². The summed E-state index contributed by atoms with van der Waals surface area (Å²) in [5, 5.41) is 3.80. The Balaban J connectivity index is 0.000000500. The van der Waals surface area contributed by atoms with Gasteiger partial charge in [0.15, 0.2) is 5.82 Å². The first-order valence-electron chi connectivity index (χ1n) is 5.15. The summed E-state index contributed by atoms with van der Waals surface area (Å²) in [4.78, 5) is 4.11. The van der Waals surface area contributed by atoms with Crippen molar-refractivity contribution in [1.82, 2.24) is 10.1 Å². The summed E-state index contributed by atoms with van der Waals surface area (Å²) in [7, 11) is 0. The third-order valence-electron chi connectivity index (χ3n) is 1.54. The first kappa shape index (κ1) is 12.9. The molecule has 0 saturated carbocycles. The molecule has 0 bridgehead atoms. The van der Waals surface area contributed by atoms with Crippen LogP contribution in [0.25, 0.3) is 5.57 Å². The average Bonchev–Trinajstić information content (AvgIpc) is 2.56. The lowest BCUT2D eigenvalue weighted by Gasteiger charge is -1.92. The summed E-state index contributed by atoms with van der Waals surface area (Å²) in [6, 6.07) is 0. The normalized spacial score (nSPS) is 10.8. The molecule has 80 valence electrons. The zero-order valence-corrected chi connectivity index (χ0v) is 9.79. The van der Waals surface area contributed by atoms with Crippen LogP contribution in [0.3, 0.4) is 0 Å². The van der Waals surface area contributed by atoms with Gasteiger partial charge in [0.1, 0.15) is 0 Å². The van der Waals surface area contributed by atoms with Crippen molar-refractivity contribution in [3.05, 3.63) is 17.8 Å². The van der Waals surface area contributed by atoms with Crippen molar-refractivity contribution in [2.75, 3.05) is 0 Å². The third kappa shape index (κ3) is 4.21. The second-order valence-corrected chi connectivity index (χ2v) is 3.01. The van der Waals surface area contributed by atoms with Crippen LogP contribution in [0.5, 0.6) is 0 Å². The quantitative estimate of drug-likeness (QED) is 0.725. The molecule has 0 aliphatic heterocycles. The predicted octanol–water partition coefficient (Wildman–Crippen LogP) is 3.61. The van der Waals surface area contributed by atoms with Crippen molar-refractivity contribution in [3.8, 4) is 0 Å². The van der Waals surface area contributed by atoms with Crippen LogP contribution in [0.1, 0.15) is 52.3 Å². The van der Waals surface area contributed by atoms with Gasteiger partial charge in [-0.05, 0) is 18.9 Å². The van der Waals surface area contributed by atoms with Gasteiger partial charge < -0.3 is 4.52 Å². The smallest absolute Gasteiger partial charge is 0.223 e. The Bertz CT molecular complexity index is 277. The first-order valence-corrected chi connectivity index (χ1v) is 5.15. The Morgan fingerprint density at radius 2 is 1.93 bits per heavy atom. The van der Waals surface area contributed by atoms with Gasteiger partial charge in [-0.3, -0.25) is 0 Å². The van der Waals surface area contributed by atoms with E-state index < -0.39 is 0 Å². The number of hydrogen-bond donors (Lipinski definition) is 0. The summed E-state index contributed by atoms with van der Waals surface area (Å²) in [6.45, 7) is 10.1. The van der Waals surface area contributed by atoms with E-state index in [0.29, 0.717) is 11.7 Å². The molecule has 1 aromatic rings. The molecular formula is C11H20N2O. The van der Waals surface area contributed by atoms with Crippen LogP contribution in [0.2, 0.25) is 0 Å². The molecule has 0 aliphatic carbocycles. The maximum Gasteiger partial charge on any atom is 0.223 e. The zero-order chi connectivity index (χ0) is 11.0. The molecule has 3 nitrogen and oxygen atoms in total. The number of hydrogen-bond acceptors (Lipinski definition) is 3. The molecule has 0 aliphatic rings. The SMILES string of the molecule is C/C=C(\CC)c1noc(C)n1.CCC. The van der Waals surface area contributed by atoms with E-state index in [1.54, 1.807) is 6.92 Å². The number of aromatic nitrogens is 2. The summed E-state index contributed by atoms with van der Waals surface area (Å²) in [6.07, 6.45) is 4.19. The van der Waals surface area contributed by atoms with Gasteiger partial charge in [-0.2, -0.15) is 4.98 Å². The highest BCUT2D eigenvalue weighted by molar-refractivity contribution is 5.58. The van der Waals surface area contributed by atoms with Crippen LogP contribution < -0.4 is 0 Å². The van der Waals surface area contributed by atoms with Crippen molar-refractivity contribution in [2.24, 2.45) is 0 Å². The lowest BCUT2D eigenvalue weighted by molar-refractivity contribution is 0.391. The summed E-state index contributed by atoms with van der Waals surface area (Å²) >= 11 is 0. The molecule has 1 aromatic heterocycles. The first-order chi connectivity index (χ1) is 6.69. The summed E-state index contributed by atoms with van der Waals surface area (Å²) < 4.78 is 4.85. The summed E-state index contributed by atoms with van der Waals surface area (Å²) in [5.74, 6) is 1.33. The van der Waals surface area contributed by atoms with Crippen molar-refractivity contribution in [1.29, 1.82) is 0 Å². The fourth-order valence-electron chi connectivity index (χ4n) is 0.921. The van der Waals surface area contributed by atoms with Gasteiger partial charge in [-0.1, -0.05) is 38.4 Å². The monoisotopic (exact) mass is 196 g/mol. The van der Waals surface area contributed by atoms with E-state index in [9.17, 15) is 0 Å². The number of nitrogens with zero attached hydrogens (tertiary/aromatic N) is 2. The van der Waals surface area contributed by atoms with Gasteiger partial charge >= 0.3 is 0 Å². The molecule has 0 unspecified atom stereocenters. The Labute approximate surface area is 86.2 Å². The van der Waals surface area contributed by atoms with Crippen LogP contribution in [-0.4, -0.2) is 10.1 Å². The maximum absolute atomic E-state index is 4.85. The van der Waals surface area contributed by atoms with Crippen LogP contribution in [0.4, 0.5) is 0 Å². The fraction of sp³-hybridized carbons (Fsp3) is 0.636. The van der Waals surface area contributed by atoms with Gasteiger partial charge in [0.25, 0.3) is 0 Å². The Kier molecular flexibility index (Phi) is 6.72. The Morgan fingerprint density at radius 1 is 1.36 bits per heavy atom. The highest BCUT2D eigenvalue weighted by atomic mass is 16.5. The average molecular weight is 196 g/mol. The minimum absolute atomic E-state index is 0.618. The van der Waals surface area contributed by atoms with Gasteiger partial charge in [0.05, 0.1) is 0 Å². The molecule has 0 fully saturated rings. The highest BCUT2D eigenvalue weighted by Gasteiger charge is 2.04. The van der Waals surface area contributed by atoms with E-state index in [4.69, 9.17) is 4.52 Å². The van der Waals surface area contributed by atoms with E-state index in [-0.39, 0.29) is 0 Å². The molecule has 0 atom stereocenters. The molecule has 3 heteroatoms. The fourth-order valence-corrected chi connectivity index (χ4v) is 0.921. The van der Waals surface area contributed by atoms with E-state index in [1.165, 1.54) is 6.42 Å². The Morgan fingerprint density at radius 3 is 2.21 bits per heavy atom. The van der Waals surface area contributed by atoms with Gasteiger partial charge in [0, 0.05) is 6.92 Å². The van der Waals surface area contributed by atoms with Crippen LogP contribution in [-0.2, 0) is 0 Å². The van der Waals surface area contributed by atoms with Gasteiger partial charge in [-0.15, -0.1) is 0 Å². The third-order valence-corrected chi connectivity index (χ3v) is 1.54. The molecule has 0 amide bonds. The lowest BCUT2D eigenvalue weighted by Crippen LogP contribution is -1.84. The lowest BCUT2D eigenvalue weighted by atomic mass is 10.2. The van der Waals surface area contributed by atoms with Gasteiger partial charge in [-0.25, -0.2) is 0 Å². The van der Waals surface area contributed by atoms with Crippen LogP contribution in [0, 0.1) is 6.92 Å². The molecule has 0 aromatic carbocycles. The van der Waals surface area contributed by atoms with Gasteiger partial charge in [0.2, 0.25) is 5.89 Å². The number of allylic oxidation sites excluding steroid dienone is 2. The van der Waals surface area contributed by atoms with Crippen LogP contribution >= 0.6 is 0 Å². The van der Waals surface area contributed by atoms with E-state index in [2.05, 4.69) is 30.9 Å². The number of aryl methyl sites for hydroxylation is 1. The number of rotatable bonds is 2. The summed E-state index contributed by atoms with van der Waals surface area (Å²) in [5.41, 5.74) is 1.13. The molecule has 0 saturated heterocycles. The molecular weight excluding hydrogens is 176 g/mol. The highest BCUT2D eigenvalue weighted by Crippen LogP contribution is 2.13. The predicted molar refractivity (Wildman–Crippen MR) is 58.9 cm³/mol. The van der Waals surface area contributed by atoms with E-state index in [0.717, 1.165) is 12.0 Å². The molecule has 1 rings (SSSR count). The molecule has 0 N–H and O–H groups in total. The molecule has 0 spiro atoms. The van der Waals surface area contributed by atoms with Crippen molar-refractivity contribution in [2.45, 2.75) is 47.5 Å². The zero-order valence-electron chi connectivity index (χ0n) is 9.79. The molecule has 0 radical (unpaired) electrons. The maximum atomic E-state index is 4.85. The minimum Gasteiger partial charge on any atom is -0.339 e. The molecule has 1 heterocycles. The van der Waals surface area contributed by atoms with Crippen molar-refractivity contribution in [3.63, 3.8) is 0 Å². The van der Waals surface area contributed by atoms with Crippen molar-refractivity contribution >= 4 is 5.57 Å². The van der Waals surface area contributed by atoms with E-state index in [1.807, 2.05) is 13.0 Å². The largest absolute Gasteiger partial charge is 0.339 e. The minimum atomic E-state index is 0.618. The second kappa shape index (κ2) is 7.30. The van der Waals surface area contributed by atoms with E-state index >= 15 is 0 Å². The standard InChI is InChI=1S/C8H12N2O.C3H8/c1-4-7(5-2)8-9-6(3)11-10-8;1-3-2/h4H,5H2,1-3H3;3H2,1-2H3/b7-4+;. The molecule has 14 heavy (non-hydrogen) atoms. The second-order valence-electron chi connectivity index (χ2n) is 3.01. The van der Waals surface area contributed by atoms with Crippen molar-refractivity contribution < 1.29 is 4.52 Å².